The summed E-state index contributed by atoms with van der Waals surface area (Å²) in [7, 11) is -0.336. The van der Waals surface area contributed by atoms with E-state index in [1.54, 1.807) is 6.92 Å². The van der Waals surface area contributed by atoms with E-state index in [0.717, 1.165) is 46.6 Å². The minimum Gasteiger partial charge on any atom is -0.449 e. The molecule has 2 aromatic carbocycles. The van der Waals surface area contributed by atoms with E-state index in [0.29, 0.717) is 6.42 Å². The number of fused-ring (bicyclic) bond motifs is 3. The van der Waals surface area contributed by atoms with Gasteiger partial charge in [0.05, 0.1) is 6.04 Å². The van der Waals surface area contributed by atoms with Gasteiger partial charge in [-0.3, -0.25) is 9.59 Å². The molecule has 1 fully saturated rings. The molecule has 2 aromatic rings. The molecule has 2 aliphatic rings. The van der Waals surface area contributed by atoms with Crippen LogP contribution < -0.4 is 10.6 Å². The molecule has 4 rings (SSSR count). The molecule has 1 heterocycles. The standard InChI is InChI=1S/C30H35N3O4S/c1-19(2)16-26(28(34)27(17-31)38-14-8-9-15-38)33-29(35)20(3)32-30(36)37-18-25-23-12-6-4-10-21(23)22-11-5-7-13-24(22)25/h4-7,10-13,19-20,25-26H,8-9,14-16,18H2,1-3H3,(H,32,36)(H,33,35)/t20-,26-/m0/s1. The van der Waals surface area contributed by atoms with Crippen molar-refractivity contribution in [3.05, 3.63) is 59.7 Å². The lowest BCUT2D eigenvalue weighted by Crippen LogP contribution is -2.52. The topological polar surface area (TPSA) is 108 Å². The zero-order chi connectivity index (χ0) is 27.2. The van der Waals surface area contributed by atoms with Crippen molar-refractivity contribution >= 4 is 33.1 Å². The van der Waals surface area contributed by atoms with Crippen LogP contribution in [0, 0.1) is 17.2 Å². The molecule has 0 bridgehead atoms. The van der Waals surface area contributed by atoms with Gasteiger partial charge in [-0.15, -0.1) is 0 Å². The minimum absolute atomic E-state index is 0.0818. The van der Waals surface area contributed by atoms with E-state index in [4.69, 9.17) is 4.74 Å². The third-order valence-corrected chi connectivity index (χ3v) is 9.49. The van der Waals surface area contributed by atoms with Crippen molar-refractivity contribution in [2.45, 2.75) is 58.0 Å². The Morgan fingerprint density at radius 1 is 0.974 bits per heavy atom. The van der Waals surface area contributed by atoms with Gasteiger partial charge in [0.25, 0.3) is 0 Å². The fourth-order valence-corrected chi connectivity index (χ4v) is 7.43. The van der Waals surface area contributed by atoms with Crippen LogP contribution >= 0.6 is 10.5 Å². The number of rotatable bonds is 9. The Morgan fingerprint density at radius 2 is 1.55 bits per heavy atom. The van der Waals surface area contributed by atoms with Crippen LogP contribution in [0.3, 0.4) is 0 Å². The fraction of sp³-hybridized carbons (Fsp3) is 0.433. The molecule has 200 valence electrons. The first-order valence-electron chi connectivity index (χ1n) is 13.2. The SMILES string of the molecule is CC(C)C[C@H](NC(=O)[C@H](C)NC(=O)OCC1c2ccccc2-c2ccccc21)C(=O)C(C#N)=S1CCCC1. The molecule has 2 N–H and O–H groups in total. The summed E-state index contributed by atoms with van der Waals surface area (Å²) >= 11 is 0. The van der Waals surface area contributed by atoms with Crippen molar-refractivity contribution < 1.29 is 19.1 Å². The maximum atomic E-state index is 13.2. The van der Waals surface area contributed by atoms with Crippen LogP contribution in [0.1, 0.15) is 57.1 Å². The Hall–Kier alpha value is -3.44. The largest absolute Gasteiger partial charge is 0.449 e. The average molecular weight is 534 g/mol. The van der Waals surface area contributed by atoms with Gasteiger partial charge in [-0.05, 0) is 65.9 Å². The molecule has 2 atom stereocenters. The lowest BCUT2D eigenvalue weighted by Gasteiger charge is -2.22. The number of benzene rings is 2. The second-order valence-corrected chi connectivity index (χ2v) is 12.5. The van der Waals surface area contributed by atoms with Gasteiger partial charge in [-0.2, -0.15) is 15.7 Å². The summed E-state index contributed by atoms with van der Waals surface area (Å²) in [5.41, 5.74) is 4.49. The fourth-order valence-electron chi connectivity index (χ4n) is 5.16. The van der Waals surface area contributed by atoms with Crippen LogP contribution in [0.15, 0.2) is 48.5 Å². The van der Waals surface area contributed by atoms with Crippen molar-refractivity contribution in [3.8, 4) is 17.2 Å². The molecule has 0 unspecified atom stereocenters. The molecule has 0 radical (unpaired) electrons. The zero-order valence-electron chi connectivity index (χ0n) is 22.2. The number of ketones is 1. The van der Waals surface area contributed by atoms with Crippen molar-refractivity contribution in [1.82, 2.24) is 10.6 Å². The van der Waals surface area contributed by atoms with Gasteiger partial charge in [0, 0.05) is 5.92 Å². The highest BCUT2D eigenvalue weighted by Crippen LogP contribution is 2.44. The van der Waals surface area contributed by atoms with Gasteiger partial charge in [0.15, 0.2) is 0 Å². The minimum atomic E-state index is -0.910. The molecule has 1 aliphatic heterocycles. The molecule has 0 aromatic heterocycles. The van der Waals surface area contributed by atoms with Gasteiger partial charge in [0.1, 0.15) is 23.6 Å². The van der Waals surface area contributed by atoms with Crippen molar-refractivity contribution in [3.63, 3.8) is 0 Å². The molecule has 0 spiro atoms. The third kappa shape index (κ3) is 6.16. The number of carbonyl (C=O) groups excluding carboxylic acids is 3. The number of ether oxygens (including phenoxy) is 1. The molecule has 2 amide bonds. The summed E-state index contributed by atoms with van der Waals surface area (Å²) in [4.78, 5) is 39.1. The smallest absolute Gasteiger partial charge is 0.407 e. The molecule has 1 saturated heterocycles. The van der Waals surface area contributed by atoms with Gasteiger partial charge in [0.2, 0.25) is 11.7 Å². The Morgan fingerprint density at radius 3 is 2.11 bits per heavy atom. The first-order chi connectivity index (χ1) is 18.3. The molecular formula is C30H35N3O4S. The normalized spacial score (nSPS) is 16.2. The predicted molar refractivity (Wildman–Crippen MR) is 151 cm³/mol. The maximum Gasteiger partial charge on any atom is 0.407 e. The predicted octanol–water partition coefficient (Wildman–Crippen LogP) is 4.77. The van der Waals surface area contributed by atoms with E-state index >= 15 is 0 Å². The van der Waals surface area contributed by atoms with E-state index in [1.807, 2.05) is 50.2 Å². The van der Waals surface area contributed by atoms with Crippen molar-refractivity contribution in [1.29, 1.82) is 5.26 Å². The summed E-state index contributed by atoms with van der Waals surface area (Å²) in [5.74, 6) is 0.994. The van der Waals surface area contributed by atoms with Crippen molar-refractivity contribution in [2.75, 3.05) is 18.1 Å². The van der Waals surface area contributed by atoms with Gasteiger partial charge >= 0.3 is 6.09 Å². The molecule has 7 nitrogen and oxygen atoms in total. The van der Waals surface area contributed by atoms with Crippen molar-refractivity contribution in [2.24, 2.45) is 5.92 Å². The van der Waals surface area contributed by atoms with E-state index in [9.17, 15) is 19.6 Å². The summed E-state index contributed by atoms with van der Waals surface area (Å²) in [6.07, 6.45) is 1.76. The molecule has 0 saturated carbocycles. The Balaban J connectivity index is 1.37. The van der Waals surface area contributed by atoms with E-state index in [1.165, 1.54) is 0 Å². The number of Topliss-reactive ketones (excluding diaryl/α,β-unsaturated/α-hetero) is 1. The number of carbonyl (C=O) groups is 3. The van der Waals surface area contributed by atoms with Crippen LogP contribution in [0.2, 0.25) is 0 Å². The Kier molecular flexibility index (Phi) is 9.01. The highest BCUT2D eigenvalue weighted by Gasteiger charge is 2.31. The van der Waals surface area contributed by atoms with Crippen LogP contribution in [0.4, 0.5) is 4.79 Å². The quantitative estimate of drug-likeness (QED) is 0.452. The third-order valence-electron chi connectivity index (χ3n) is 7.06. The molecule has 8 heteroatoms. The number of alkyl carbamates (subject to hydrolysis) is 1. The van der Waals surface area contributed by atoms with Gasteiger partial charge in [-0.25, -0.2) is 4.79 Å². The monoisotopic (exact) mass is 533 g/mol. The number of nitriles is 1. The maximum absolute atomic E-state index is 13.2. The summed E-state index contributed by atoms with van der Waals surface area (Å²) in [6.45, 7) is 5.64. The molecule has 38 heavy (non-hydrogen) atoms. The van der Waals surface area contributed by atoms with E-state index in [2.05, 4.69) is 28.8 Å². The van der Waals surface area contributed by atoms with Crippen LogP contribution in [-0.4, -0.2) is 52.8 Å². The Bertz CT molecular complexity index is 1240. The molecular weight excluding hydrogens is 498 g/mol. The van der Waals surface area contributed by atoms with Crippen LogP contribution in [0.25, 0.3) is 11.1 Å². The number of hydrogen-bond donors (Lipinski definition) is 2. The number of amides is 2. The summed E-state index contributed by atoms with van der Waals surface area (Å²) in [6, 6.07) is 16.6. The first kappa shape index (κ1) is 27.6. The van der Waals surface area contributed by atoms with E-state index in [-0.39, 0.29) is 39.6 Å². The highest BCUT2D eigenvalue weighted by atomic mass is 32.2. The van der Waals surface area contributed by atoms with Gasteiger partial charge in [-0.1, -0.05) is 62.4 Å². The zero-order valence-corrected chi connectivity index (χ0v) is 23.0. The van der Waals surface area contributed by atoms with Crippen LogP contribution in [-0.2, 0) is 14.3 Å². The summed E-state index contributed by atoms with van der Waals surface area (Å²) in [5, 5.41) is 15.1. The van der Waals surface area contributed by atoms with Gasteiger partial charge < -0.3 is 15.4 Å². The second kappa shape index (κ2) is 12.4. The lowest BCUT2D eigenvalue weighted by molar-refractivity contribution is -0.126. The van der Waals surface area contributed by atoms with E-state index < -0.39 is 24.1 Å². The highest BCUT2D eigenvalue weighted by molar-refractivity contribution is 8.17. The Labute approximate surface area is 226 Å². The van der Waals surface area contributed by atoms with Crippen LogP contribution in [0.5, 0.6) is 0 Å². The molecule has 1 aliphatic carbocycles. The lowest BCUT2D eigenvalue weighted by atomic mass is 9.98. The number of nitrogens with one attached hydrogen (secondary N) is 2. The number of hydrogen-bond acceptors (Lipinski definition) is 5. The summed E-state index contributed by atoms with van der Waals surface area (Å²) < 4.78 is 5.56. The number of nitrogens with zero attached hydrogens (tertiary/aromatic N) is 1. The average Bonchev–Trinajstić information content (AvgIpc) is 3.54. The first-order valence-corrected chi connectivity index (χ1v) is 14.8. The second-order valence-electron chi connectivity index (χ2n) is 10.3.